The van der Waals surface area contributed by atoms with Crippen molar-refractivity contribution in [2.24, 2.45) is 0 Å². The first-order valence-corrected chi connectivity index (χ1v) is 7.25. The summed E-state index contributed by atoms with van der Waals surface area (Å²) >= 11 is 6.10. The van der Waals surface area contributed by atoms with Crippen LogP contribution in [0.3, 0.4) is 0 Å². The fraction of sp³-hybridized carbons (Fsp3) is 0.167. The molecule has 0 aliphatic heterocycles. The summed E-state index contributed by atoms with van der Waals surface area (Å²) in [5, 5.41) is 10.0. The van der Waals surface area contributed by atoms with Crippen molar-refractivity contribution in [1.82, 2.24) is 0 Å². The van der Waals surface area contributed by atoms with Crippen molar-refractivity contribution in [3.05, 3.63) is 64.2 Å². The van der Waals surface area contributed by atoms with E-state index in [0.29, 0.717) is 10.6 Å². The van der Waals surface area contributed by atoms with Crippen LogP contribution in [0.25, 0.3) is 11.6 Å². The Labute approximate surface area is 135 Å². The topological polar surface area (TPSA) is 40.5 Å². The van der Waals surface area contributed by atoms with E-state index in [1.807, 2.05) is 56.3 Å². The largest absolute Gasteiger partial charge is 0.478 e. The molecule has 2 rings (SSSR count). The van der Waals surface area contributed by atoms with Gasteiger partial charge in [-0.05, 0) is 47.9 Å². The average Bonchev–Trinajstić information content (AvgIpc) is 2.48. The zero-order valence-electron chi connectivity index (χ0n) is 12.8. The molecule has 0 bridgehead atoms. The Morgan fingerprint density at radius 1 is 1.14 bits per heavy atom. The maximum atomic E-state index is 11.6. The van der Waals surface area contributed by atoms with Crippen molar-refractivity contribution < 1.29 is 9.90 Å². The summed E-state index contributed by atoms with van der Waals surface area (Å²) in [6, 6.07) is 13.0. The van der Waals surface area contributed by atoms with E-state index in [1.54, 1.807) is 18.2 Å². The third-order valence-electron chi connectivity index (χ3n) is 3.43. The molecule has 0 aromatic heterocycles. The molecule has 2 aromatic rings. The lowest BCUT2D eigenvalue weighted by atomic mass is 10.0. The van der Waals surface area contributed by atoms with Gasteiger partial charge in [-0.1, -0.05) is 35.9 Å². The van der Waals surface area contributed by atoms with Gasteiger partial charge < -0.3 is 10.0 Å². The van der Waals surface area contributed by atoms with E-state index in [0.717, 1.165) is 16.8 Å². The van der Waals surface area contributed by atoms with Gasteiger partial charge in [0.25, 0.3) is 0 Å². The molecular weight excluding hydrogens is 298 g/mol. The molecule has 0 heterocycles. The Balaban J connectivity index is 2.42. The van der Waals surface area contributed by atoms with Gasteiger partial charge in [-0.25, -0.2) is 4.79 Å². The summed E-state index contributed by atoms with van der Waals surface area (Å²) in [5.41, 5.74) is 3.64. The first-order chi connectivity index (χ1) is 10.4. The SMILES string of the molecule is Cc1ccc(/C(=C/c2ccc(N(C)C)cc2)C(=O)O)cc1Cl. The lowest BCUT2D eigenvalue weighted by Gasteiger charge is -2.12. The zero-order valence-corrected chi connectivity index (χ0v) is 13.6. The predicted octanol–water partition coefficient (Wildman–Crippen LogP) is 4.34. The maximum Gasteiger partial charge on any atom is 0.336 e. The smallest absolute Gasteiger partial charge is 0.336 e. The van der Waals surface area contributed by atoms with Crippen LogP contribution < -0.4 is 4.90 Å². The van der Waals surface area contributed by atoms with E-state index in [2.05, 4.69) is 0 Å². The number of nitrogens with zero attached hydrogens (tertiary/aromatic N) is 1. The summed E-state index contributed by atoms with van der Waals surface area (Å²) in [6.45, 7) is 1.89. The van der Waals surface area contributed by atoms with E-state index < -0.39 is 5.97 Å². The van der Waals surface area contributed by atoms with Gasteiger partial charge in [0.1, 0.15) is 0 Å². The van der Waals surface area contributed by atoms with E-state index in [9.17, 15) is 9.90 Å². The van der Waals surface area contributed by atoms with Crippen molar-refractivity contribution in [3.63, 3.8) is 0 Å². The molecule has 0 amide bonds. The summed E-state index contributed by atoms with van der Waals surface area (Å²) in [4.78, 5) is 13.5. The van der Waals surface area contributed by atoms with Crippen LogP contribution in [0.2, 0.25) is 5.02 Å². The van der Waals surface area contributed by atoms with Crippen LogP contribution in [0.4, 0.5) is 5.69 Å². The van der Waals surface area contributed by atoms with Crippen LogP contribution in [-0.2, 0) is 4.79 Å². The predicted molar refractivity (Wildman–Crippen MR) is 92.5 cm³/mol. The minimum atomic E-state index is -0.975. The van der Waals surface area contributed by atoms with Crippen LogP contribution in [0.15, 0.2) is 42.5 Å². The maximum absolute atomic E-state index is 11.6. The molecule has 0 radical (unpaired) electrons. The minimum absolute atomic E-state index is 0.222. The summed E-state index contributed by atoms with van der Waals surface area (Å²) in [5.74, 6) is -0.975. The Kier molecular flexibility index (Phi) is 4.88. The molecule has 1 N–H and O–H groups in total. The number of carboxylic acid groups (broad SMARTS) is 1. The van der Waals surface area contributed by atoms with E-state index in [-0.39, 0.29) is 5.57 Å². The third kappa shape index (κ3) is 3.68. The molecule has 22 heavy (non-hydrogen) atoms. The number of halogens is 1. The molecule has 4 heteroatoms. The molecule has 3 nitrogen and oxygen atoms in total. The van der Waals surface area contributed by atoms with Gasteiger partial charge in [-0.3, -0.25) is 0 Å². The highest BCUT2D eigenvalue weighted by Gasteiger charge is 2.11. The molecular formula is C18H18ClNO2. The van der Waals surface area contributed by atoms with Gasteiger partial charge in [0, 0.05) is 24.8 Å². The number of aryl methyl sites for hydroxylation is 1. The van der Waals surface area contributed by atoms with E-state index in [1.165, 1.54) is 0 Å². The number of carbonyl (C=O) groups is 1. The van der Waals surface area contributed by atoms with E-state index in [4.69, 9.17) is 11.6 Å². The van der Waals surface area contributed by atoms with Gasteiger partial charge in [-0.15, -0.1) is 0 Å². The molecule has 0 unspecified atom stereocenters. The highest BCUT2D eigenvalue weighted by molar-refractivity contribution is 6.32. The van der Waals surface area contributed by atoms with Gasteiger partial charge in [-0.2, -0.15) is 0 Å². The van der Waals surface area contributed by atoms with E-state index >= 15 is 0 Å². The number of hydrogen-bond donors (Lipinski definition) is 1. The number of rotatable bonds is 4. The normalized spacial score (nSPS) is 11.4. The molecule has 0 aliphatic rings. The Morgan fingerprint density at radius 3 is 2.27 bits per heavy atom. The standard InChI is InChI=1S/C18H18ClNO2/c1-12-4-7-14(11-17(12)19)16(18(21)22)10-13-5-8-15(9-6-13)20(2)3/h4-11H,1-3H3,(H,21,22)/b16-10-. The molecule has 0 saturated heterocycles. The third-order valence-corrected chi connectivity index (χ3v) is 3.84. The Hall–Kier alpha value is -2.26. The Morgan fingerprint density at radius 2 is 1.77 bits per heavy atom. The molecule has 0 aliphatic carbocycles. The molecule has 114 valence electrons. The van der Waals surface area contributed by atoms with Crippen molar-refractivity contribution in [3.8, 4) is 0 Å². The molecule has 0 atom stereocenters. The Bertz CT molecular complexity index is 718. The van der Waals surface area contributed by atoms with Crippen molar-refractivity contribution in [2.75, 3.05) is 19.0 Å². The molecule has 0 fully saturated rings. The highest BCUT2D eigenvalue weighted by Crippen LogP contribution is 2.25. The number of anilines is 1. The fourth-order valence-corrected chi connectivity index (χ4v) is 2.24. The van der Waals surface area contributed by atoms with Gasteiger partial charge in [0.05, 0.1) is 5.57 Å². The van der Waals surface area contributed by atoms with Crippen LogP contribution in [0.5, 0.6) is 0 Å². The van der Waals surface area contributed by atoms with Crippen molar-refractivity contribution in [1.29, 1.82) is 0 Å². The summed E-state index contributed by atoms with van der Waals surface area (Å²) in [6.07, 6.45) is 1.66. The number of carboxylic acids is 1. The van der Waals surface area contributed by atoms with Crippen LogP contribution in [0, 0.1) is 6.92 Å². The first kappa shape index (κ1) is 16.1. The highest BCUT2D eigenvalue weighted by atomic mass is 35.5. The molecule has 0 spiro atoms. The van der Waals surface area contributed by atoms with Gasteiger partial charge in [0.15, 0.2) is 0 Å². The monoisotopic (exact) mass is 315 g/mol. The van der Waals surface area contributed by atoms with Gasteiger partial charge in [0.2, 0.25) is 0 Å². The lowest BCUT2D eigenvalue weighted by Crippen LogP contribution is -2.08. The van der Waals surface area contributed by atoms with Gasteiger partial charge >= 0.3 is 5.97 Å². The first-order valence-electron chi connectivity index (χ1n) is 6.87. The van der Waals surface area contributed by atoms with Crippen molar-refractivity contribution >= 4 is 34.9 Å². The summed E-state index contributed by atoms with van der Waals surface area (Å²) in [7, 11) is 3.92. The second kappa shape index (κ2) is 6.67. The fourth-order valence-electron chi connectivity index (χ4n) is 2.06. The number of hydrogen-bond acceptors (Lipinski definition) is 2. The summed E-state index contributed by atoms with van der Waals surface area (Å²) < 4.78 is 0. The lowest BCUT2D eigenvalue weighted by molar-refractivity contribution is -0.130. The van der Waals surface area contributed by atoms with Crippen LogP contribution >= 0.6 is 11.6 Å². The second-order valence-electron chi connectivity index (χ2n) is 5.31. The number of aliphatic carboxylic acids is 1. The van der Waals surface area contributed by atoms with Crippen LogP contribution in [-0.4, -0.2) is 25.2 Å². The van der Waals surface area contributed by atoms with Crippen LogP contribution in [0.1, 0.15) is 16.7 Å². The second-order valence-corrected chi connectivity index (χ2v) is 5.72. The minimum Gasteiger partial charge on any atom is -0.478 e. The number of benzene rings is 2. The molecule has 2 aromatic carbocycles. The quantitative estimate of drug-likeness (QED) is 0.674. The van der Waals surface area contributed by atoms with Crippen molar-refractivity contribution in [2.45, 2.75) is 6.92 Å². The zero-order chi connectivity index (χ0) is 16.3. The molecule has 0 saturated carbocycles. The average molecular weight is 316 g/mol.